The number of nitrogens with one attached hydrogen (secondary N) is 2. The highest BCUT2D eigenvalue weighted by Crippen LogP contribution is 2.38. The fraction of sp³-hybridized carbons (Fsp3) is 0.368. The van der Waals surface area contributed by atoms with Crippen LogP contribution in [0.5, 0.6) is 17.2 Å². The molecule has 0 aliphatic rings. The molecule has 0 atom stereocenters. The number of rotatable bonds is 6. The largest absolute Gasteiger partial charge is 0.493 e. The van der Waals surface area contributed by atoms with Gasteiger partial charge in [0.25, 0.3) is 5.91 Å². The fourth-order valence-electron chi connectivity index (χ4n) is 2.38. The standard InChI is InChI=1S/C19H25N3O4/c1-19(2,3)22-13-7-8-16(20-11-13)21-18(23)12-9-14(24-4)17(26-6)15(10-12)25-5/h7-11,22H,1-6H3,(H,20,21,23). The molecule has 1 amide bonds. The van der Waals surface area contributed by atoms with Crippen LogP contribution < -0.4 is 24.8 Å². The van der Waals surface area contributed by atoms with Crippen molar-refractivity contribution in [1.82, 2.24) is 4.98 Å². The fourth-order valence-corrected chi connectivity index (χ4v) is 2.38. The molecule has 2 N–H and O–H groups in total. The van der Waals surface area contributed by atoms with Crippen molar-refractivity contribution in [2.75, 3.05) is 32.0 Å². The van der Waals surface area contributed by atoms with Crippen LogP contribution in [-0.2, 0) is 0 Å². The van der Waals surface area contributed by atoms with Crippen LogP contribution >= 0.6 is 0 Å². The molecule has 0 aliphatic heterocycles. The minimum Gasteiger partial charge on any atom is -0.493 e. The Morgan fingerprint density at radius 1 is 1.00 bits per heavy atom. The number of amides is 1. The third-order valence-electron chi connectivity index (χ3n) is 3.45. The second kappa shape index (κ2) is 7.95. The number of benzene rings is 1. The van der Waals surface area contributed by atoms with Crippen LogP contribution in [0.4, 0.5) is 11.5 Å². The van der Waals surface area contributed by atoms with E-state index in [0.717, 1.165) is 5.69 Å². The third-order valence-corrected chi connectivity index (χ3v) is 3.45. The van der Waals surface area contributed by atoms with E-state index in [-0.39, 0.29) is 11.4 Å². The lowest BCUT2D eigenvalue weighted by molar-refractivity contribution is 0.102. The lowest BCUT2D eigenvalue weighted by Gasteiger charge is -2.21. The van der Waals surface area contributed by atoms with Gasteiger partial charge in [0.15, 0.2) is 11.5 Å². The summed E-state index contributed by atoms with van der Waals surface area (Å²) in [5.41, 5.74) is 1.18. The van der Waals surface area contributed by atoms with E-state index in [9.17, 15) is 4.79 Å². The minimum absolute atomic E-state index is 0.0668. The molecule has 2 aromatic rings. The summed E-state index contributed by atoms with van der Waals surface area (Å²) < 4.78 is 15.8. The number of ether oxygens (including phenoxy) is 3. The zero-order valence-electron chi connectivity index (χ0n) is 16.0. The molecule has 0 spiro atoms. The Kier molecular flexibility index (Phi) is 5.92. The van der Waals surface area contributed by atoms with E-state index in [1.165, 1.54) is 21.3 Å². The number of aromatic nitrogens is 1. The predicted molar refractivity (Wildman–Crippen MR) is 102 cm³/mol. The zero-order valence-corrected chi connectivity index (χ0v) is 16.0. The normalized spacial score (nSPS) is 10.8. The highest BCUT2D eigenvalue weighted by molar-refractivity contribution is 6.04. The lowest BCUT2D eigenvalue weighted by Crippen LogP contribution is -2.26. The molecule has 1 heterocycles. The highest BCUT2D eigenvalue weighted by atomic mass is 16.5. The molecular formula is C19H25N3O4. The Morgan fingerprint density at radius 3 is 2.04 bits per heavy atom. The molecule has 0 bridgehead atoms. The molecule has 0 radical (unpaired) electrons. The number of anilines is 2. The van der Waals surface area contributed by atoms with E-state index in [1.807, 2.05) is 6.07 Å². The molecular weight excluding hydrogens is 334 g/mol. The van der Waals surface area contributed by atoms with Gasteiger partial charge in [-0.25, -0.2) is 4.98 Å². The quantitative estimate of drug-likeness (QED) is 0.821. The molecule has 2 rings (SSSR count). The number of hydrogen-bond acceptors (Lipinski definition) is 6. The van der Waals surface area contributed by atoms with Gasteiger partial charge in [-0.15, -0.1) is 0 Å². The van der Waals surface area contributed by atoms with Crippen molar-refractivity contribution in [1.29, 1.82) is 0 Å². The van der Waals surface area contributed by atoms with Gasteiger partial charge in [-0.05, 0) is 45.0 Å². The smallest absolute Gasteiger partial charge is 0.257 e. The van der Waals surface area contributed by atoms with Gasteiger partial charge in [0.2, 0.25) is 5.75 Å². The van der Waals surface area contributed by atoms with Gasteiger partial charge in [0, 0.05) is 11.1 Å². The summed E-state index contributed by atoms with van der Waals surface area (Å²) in [7, 11) is 4.51. The molecule has 0 unspecified atom stereocenters. The molecule has 140 valence electrons. The van der Waals surface area contributed by atoms with Gasteiger partial charge in [-0.1, -0.05) is 0 Å². The molecule has 0 saturated carbocycles. The number of nitrogens with zero attached hydrogens (tertiary/aromatic N) is 1. The van der Waals surface area contributed by atoms with Crippen molar-refractivity contribution < 1.29 is 19.0 Å². The Balaban J connectivity index is 2.19. The van der Waals surface area contributed by atoms with Crippen LogP contribution in [0.2, 0.25) is 0 Å². The number of methoxy groups -OCH3 is 3. The Bertz CT molecular complexity index is 742. The van der Waals surface area contributed by atoms with Gasteiger partial charge in [-0.3, -0.25) is 4.79 Å². The van der Waals surface area contributed by atoms with Crippen LogP contribution in [0.3, 0.4) is 0 Å². The number of pyridine rings is 1. The van der Waals surface area contributed by atoms with E-state index in [0.29, 0.717) is 28.6 Å². The zero-order chi connectivity index (χ0) is 19.3. The first-order valence-corrected chi connectivity index (χ1v) is 8.13. The summed E-state index contributed by atoms with van der Waals surface area (Å²) >= 11 is 0. The maximum atomic E-state index is 12.5. The summed E-state index contributed by atoms with van der Waals surface area (Å²) in [6.07, 6.45) is 1.68. The summed E-state index contributed by atoms with van der Waals surface area (Å²) in [4.78, 5) is 16.8. The SMILES string of the molecule is COc1cc(C(=O)Nc2ccc(NC(C)(C)C)cn2)cc(OC)c1OC. The first-order valence-electron chi connectivity index (χ1n) is 8.13. The topological polar surface area (TPSA) is 81.7 Å². The van der Waals surface area contributed by atoms with E-state index >= 15 is 0 Å². The number of carbonyl (C=O) groups is 1. The molecule has 26 heavy (non-hydrogen) atoms. The second-order valence-electron chi connectivity index (χ2n) is 6.68. The van der Waals surface area contributed by atoms with Crippen LogP contribution in [0.25, 0.3) is 0 Å². The first kappa shape index (κ1) is 19.4. The first-order chi connectivity index (χ1) is 12.3. The maximum Gasteiger partial charge on any atom is 0.257 e. The van der Waals surface area contributed by atoms with Crippen molar-refractivity contribution in [3.05, 3.63) is 36.0 Å². The summed E-state index contributed by atoms with van der Waals surface area (Å²) in [6, 6.07) is 6.78. The summed E-state index contributed by atoms with van der Waals surface area (Å²) in [5.74, 6) is 1.38. The van der Waals surface area contributed by atoms with Crippen LogP contribution in [0.15, 0.2) is 30.5 Å². The average molecular weight is 359 g/mol. The van der Waals surface area contributed by atoms with Crippen molar-refractivity contribution in [3.63, 3.8) is 0 Å². The van der Waals surface area contributed by atoms with Crippen molar-refractivity contribution in [2.45, 2.75) is 26.3 Å². The Hall–Kier alpha value is -2.96. The average Bonchev–Trinajstić information content (AvgIpc) is 2.60. The van der Waals surface area contributed by atoms with Gasteiger partial charge in [0.1, 0.15) is 5.82 Å². The minimum atomic E-state index is -0.326. The van der Waals surface area contributed by atoms with E-state index in [4.69, 9.17) is 14.2 Å². The number of carbonyl (C=O) groups excluding carboxylic acids is 1. The van der Waals surface area contributed by atoms with Gasteiger partial charge in [-0.2, -0.15) is 0 Å². The molecule has 7 nitrogen and oxygen atoms in total. The van der Waals surface area contributed by atoms with Crippen molar-refractivity contribution in [2.24, 2.45) is 0 Å². The second-order valence-corrected chi connectivity index (χ2v) is 6.68. The maximum absolute atomic E-state index is 12.5. The van der Waals surface area contributed by atoms with E-state index in [1.54, 1.807) is 24.4 Å². The third kappa shape index (κ3) is 4.78. The molecule has 7 heteroatoms. The van der Waals surface area contributed by atoms with Gasteiger partial charge >= 0.3 is 0 Å². The van der Waals surface area contributed by atoms with Crippen LogP contribution in [-0.4, -0.2) is 37.8 Å². The molecule has 1 aromatic carbocycles. The highest BCUT2D eigenvalue weighted by Gasteiger charge is 2.17. The van der Waals surface area contributed by atoms with E-state index in [2.05, 4.69) is 36.4 Å². The van der Waals surface area contributed by atoms with Crippen molar-refractivity contribution >= 4 is 17.4 Å². The van der Waals surface area contributed by atoms with Crippen LogP contribution in [0.1, 0.15) is 31.1 Å². The Labute approximate surface area is 153 Å². The van der Waals surface area contributed by atoms with Crippen LogP contribution in [0, 0.1) is 0 Å². The Morgan fingerprint density at radius 2 is 1.62 bits per heavy atom. The van der Waals surface area contributed by atoms with Gasteiger partial charge in [0.05, 0.1) is 33.2 Å². The summed E-state index contributed by atoms with van der Waals surface area (Å²) in [5, 5.41) is 6.07. The van der Waals surface area contributed by atoms with Crippen molar-refractivity contribution in [3.8, 4) is 17.2 Å². The monoisotopic (exact) mass is 359 g/mol. The van der Waals surface area contributed by atoms with Gasteiger partial charge < -0.3 is 24.8 Å². The number of hydrogen-bond donors (Lipinski definition) is 2. The molecule has 0 saturated heterocycles. The molecule has 0 fully saturated rings. The molecule has 1 aromatic heterocycles. The summed E-state index contributed by atoms with van der Waals surface area (Å²) in [6.45, 7) is 6.19. The van der Waals surface area contributed by atoms with E-state index < -0.39 is 0 Å². The lowest BCUT2D eigenvalue weighted by atomic mass is 10.1. The predicted octanol–water partition coefficient (Wildman–Crippen LogP) is 3.57. The molecule has 0 aliphatic carbocycles.